The van der Waals surface area contributed by atoms with E-state index in [2.05, 4.69) is 9.73 Å². The van der Waals surface area contributed by atoms with Gasteiger partial charge in [-0.15, -0.1) is 0 Å². The summed E-state index contributed by atoms with van der Waals surface area (Å²) in [4.78, 5) is 3.56. The molecule has 0 aliphatic carbocycles. The smallest absolute Gasteiger partial charge is 0.239 e. The molecule has 1 aliphatic rings. The van der Waals surface area contributed by atoms with Gasteiger partial charge in [0.05, 0.1) is 11.5 Å². The summed E-state index contributed by atoms with van der Waals surface area (Å²) in [5, 5.41) is -0.357. The van der Waals surface area contributed by atoms with Crippen molar-refractivity contribution in [2.24, 2.45) is 10.7 Å². The van der Waals surface area contributed by atoms with Crippen LogP contribution in [0.3, 0.4) is 0 Å². The zero-order valence-electron chi connectivity index (χ0n) is 5.94. The summed E-state index contributed by atoms with van der Waals surface area (Å²) in [5.41, 5.74) is 5.09. The van der Waals surface area contributed by atoms with E-state index in [0.29, 0.717) is 0 Å². The van der Waals surface area contributed by atoms with Gasteiger partial charge < -0.3 is 10.5 Å². The molecule has 0 atom stereocenters. The molecule has 2 N–H and O–H groups in total. The largest absolute Gasteiger partial charge is 0.379 e. The van der Waals surface area contributed by atoms with E-state index in [4.69, 9.17) is 5.73 Å². The molecule has 0 fully saturated rings. The summed E-state index contributed by atoms with van der Waals surface area (Å²) in [7, 11) is -2.06. The summed E-state index contributed by atoms with van der Waals surface area (Å²) in [6.45, 7) is 0.0204. The lowest BCUT2D eigenvalue weighted by Gasteiger charge is -1.98. The number of amidine groups is 1. The SMILES string of the molecule is COCC1=CN=C(N)S1(=O)=O. The molecule has 11 heavy (non-hydrogen) atoms. The monoisotopic (exact) mass is 176 g/mol. The molecule has 1 aliphatic heterocycles. The lowest BCUT2D eigenvalue weighted by atomic mass is 10.6. The van der Waals surface area contributed by atoms with Crippen molar-refractivity contribution in [2.45, 2.75) is 0 Å². The molecule has 0 amide bonds. The minimum Gasteiger partial charge on any atom is -0.379 e. The van der Waals surface area contributed by atoms with Crippen LogP contribution in [0, 0.1) is 0 Å². The number of aliphatic imine (C=N–C) groups is 1. The lowest BCUT2D eigenvalue weighted by molar-refractivity contribution is 0.230. The van der Waals surface area contributed by atoms with E-state index in [1.807, 2.05) is 0 Å². The summed E-state index contributed by atoms with van der Waals surface area (Å²) < 4.78 is 26.8. The predicted octanol–water partition coefficient (Wildman–Crippen LogP) is -0.783. The number of nitrogens with two attached hydrogens (primary N) is 1. The molecule has 1 heterocycles. The molecule has 1 rings (SSSR count). The van der Waals surface area contributed by atoms with Gasteiger partial charge in [-0.2, -0.15) is 0 Å². The van der Waals surface area contributed by atoms with Crippen LogP contribution in [-0.2, 0) is 14.6 Å². The average Bonchev–Trinajstić information content (AvgIpc) is 2.16. The van der Waals surface area contributed by atoms with Gasteiger partial charge >= 0.3 is 0 Å². The van der Waals surface area contributed by atoms with Gasteiger partial charge in [0, 0.05) is 13.3 Å². The van der Waals surface area contributed by atoms with Crippen LogP contribution >= 0.6 is 0 Å². The van der Waals surface area contributed by atoms with Crippen molar-refractivity contribution in [3.05, 3.63) is 11.1 Å². The summed E-state index contributed by atoms with van der Waals surface area (Å²) in [6.07, 6.45) is 1.20. The van der Waals surface area contributed by atoms with Crippen LogP contribution in [0.2, 0.25) is 0 Å². The molecule has 62 valence electrons. The minimum absolute atomic E-state index is 0.0204. The lowest BCUT2D eigenvalue weighted by Crippen LogP contribution is -2.23. The Labute approximate surface area is 64.5 Å². The normalized spacial score (nSPS) is 21.2. The van der Waals surface area contributed by atoms with E-state index >= 15 is 0 Å². The van der Waals surface area contributed by atoms with Gasteiger partial charge in [0.2, 0.25) is 15.0 Å². The number of hydrogen-bond donors (Lipinski definition) is 1. The highest BCUT2D eigenvalue weighted by Crippen LogP contribution is 2.14. The van der Waals surface area contributed by atoms with Gasteiger partial charge in [0.15, 0.2) is 0 Å². The van der Waals surface area contributed by atoms with E-state index in [1.165, 1.54) is 13.3 Å². The Morgan fingerprint density at radius 3 is 2.73 bits per heavy atom. The van der Waals surface area contributed by atoms with Crippen molar-refractivity contribution < 1.29 is 13.2 Å². The third-order valence-electron chi connectivity index (χ3n) is 1.24. The fourth-order valence-electron chi connectivity index (χ4n) is 0.666. The second-order valence-electron chi connectivity index (χ2n) is 2.00. The van der Waals surface area contributed by atoms with Crippen LogP contribution in [0.25, 0.3) is 0 Å². The Bertz CT molecular complexity index is 315. The van der Waals surface area contributed by atoms with Crippen molar-refractivity contribution in [1.82, 2.24) is 0 Å². The maximum Gasteiger partial charge on any atom is 0.239 e. The molecule has 0 unspecified atom stereocenters. The second-order valence-corrected chi connectivity index (χ2v) is 3.95. The molecule has 0 saturated heterocycles. The third kappa shape index (κ3) is 1.26. The molecule has 6 heteroatoms. The van der Waals surface area contributed by atoms with Crippen molar-refractivity contribution in [3.63, 3.8) is 0 Å². The second kappa shape index (κ2) is 2.63. The molecule has 0 saturated carbocycles. The first-order valence-corrected chi connectivity index (χ1v) is 4.33. The first-order valence-electron chi connectivity index (χ1n) is 2.85. The van der Waals surface area contributed by atoms with Crippen LogP contribution < -0.4 is 5.73 Å². The number of ether oxygens (including phenoxy) is 1. The number of methoxy groups -OCH3 is 1. The highest BCUT2D eigenvalue weighted by atomic mass is 32.2. The Morgan fingerprint density at radius 2 is 2.36 bits per heavy atom. The van der Waals surface area contributed by atoms with Crippen molar-refractivity contribution in [2.75, 3.05) is 13.7 Å². The standard InChI is InChI=1S/C5H8N2O3S/c1-10-3-4-2-7-5(6)11(4,8)9/h2H,3H2,1H3,(H2,6,7). The Kier molecular flexibility index (Phi) is 1.97. The predicted molar refractivity (Wildman–Crippen MR) is 40.5 cm³/mol. The average molecular weight is 176 g/mol. The Hall–Kier alpha value is -0.880. The highest BCUT2D eigenvalue weighted by molar-refractivity contribution is 8.09. The van der Waals surface area contributed by atoms with Gasteiger partial charge in [-0.1, -0.05) is 0 Å². The molecule has 0 aromatic rings. The molecule has 5 nitrogen and oxygen atoms in total. The van der Waals surface area contributed by atoms with Crippen molar-refractivity contribution >= 4 is 15.0 Å². The van der Waals surface area contributed by atoms with Crippen LogP contribution in [0.15, 0.2) is 16.1 Å². The van der Waals surface area contributed by atoms with Crippen molar-refractivity contribution in [1.29, 1.82) is 0 Å². The topological polar surface area (TPSA) is 81.8 Å². The van der Waals surface area contributed by atoms with E-state index in [0.717, 1.165) is 0 Å². The summed E-state index contributed by atoms with van der Waals surface area (Å²) in [5.74, 6) is 0. The number of nitrogens with zero attached hydrogens (tertiary/aromatic N) is 1. The van der Waals surface area contributed by atoms with E-state index < -0.39 is 9.84 Å². The fourth-order valence-corrected chi connectivity index (χ4v) is 1.59. The van der Waals surface area contributed by atoms with Gasteiger partial charge in [-0.05, 0) is 0 Å². The first-order chi connectivity index (χ1) is 5.09. The fraction of sp³-hybridized carbons (Fsp3) is 0.400. The molecule has 0 bridgehead atoms. The summed E-state index contributed by atoms with van der Waals surface area (Å²) >= 11 is 0. The number of sulfone groups is 1. The number of rotatable bonds is 2. The Balaban J connectivity index is 2.93. The number of hydrogen-bond acceptors (Lipinski definition) is 5. The van der Waals surface area contributed by atoms with Gasteiger partial charge in [0.1, 0.15) is 0 Å². The quantitative estimate of drug-likeness (QED) is 0.598. The van der Waals surface area contributed by atoms with E-state index in [9.17, 15) is 8.42 Å². The summed E-state index contributed by atoms with van der Waals surface area (Å²) in [6, 6.07) is 0. The first kappa shape index (κ1) is 8.22. The molecule has 0 spiro atoms. The zero-order chi connectivity index (χ0) is 8.48. The Morgan fingerprint density at radius 1 is 1.73 bits per heavy atom. The minimum atomic E-state index is -3.46. The van der Waals surface area contributed by atoms with E-state index in [-0.39, 0.29) is 16.7 Å². The third-order valence-corrected chi connectivity index (χ3v) is 2.81. The maximum atomic E-state index is 11.1. The van der Waals surface area contributed by atoms with Crippen molar-refractivity contribution in [3.8, 4) is 0 Å². The maximum absolute atomic E-state index is 11.1. The molecule has 0 aromatic heterocycles. The van der Waals surface area contributed by atoms with Crippen LogP contribution in [0.5, 0.6) is 0 Å². The molecular formula is C5H8N2O3S. The molecule has 0 radical (unpaired) electrons. The molecule has 0 aromatic carbocycles. The van der Waals surface area contributed by atoms with Gasteiger partial charge in [0.25, 0.3) is 0 Å². The molecular weight excluding hydrogens is 168 g/mol. The van der Waals surface area contributed by atoms with Crippen LogP contribution in [0.1, 0.15) is 0 Å². The van der Waals surface area contributed by atoms with Crippen LogP contribution in [0.4, 0.5) is 0 Å². The van der Waals surface area contributed by atoms with E-state index in [1.54, 1.807) is 0 Å². The van der Waals surface area contributed by atoms with Gasteiger partial charge in [-0.25, -0.2) is 13.4 Å². The zero-order valence-corrected chi connectivity index (χ0v) is 6.76. The highest BCUT2D eigenvalue weighted by Gasteiger charge is 2.26. The van der Waals surface area contributed by atoms with Crippen LogP contribution in [-0.4, -0.2) is 27.3 Å². The van der Waals surface area contributed by atoms with Gasteiger partial charge in [-0.3, -0.25) is 0 Å².